The molecule has 0 spiro atoms. The van der Waals surface area contributed by atoms with Crippen molar-refractivity contribution in [1.29, 1.82) is 0 Å². The van der Waals surface area contributed by atoms with Gasteiger partial charge in [-0.2, -0.15) is 0 Å². The number of methoxy groups -OCH3 is 1. The van der Waals surface area contributed by atoms with Crippen LogP contribution >= 0.6 is 15.9 Å². The van der Waals surface area contributed by atoms with Crippen LogP contribution < -0.4 is 5.32 Å². The Bertz CT molecular complexity index is 429. The summed E-state index contributed by atoms with van der Waals surface area (Å²) in [6.07, 6.45) is 0. The van der Waals surface area contributed by atoms with Crippen molar-refractivity contribution in [3.63, 3.8) is 0 Å². The Hall–Kier alpha value is -0.980. The fraction of sp³-hybridized carbons (Fsp3) is 0.462. The van der Waals surface area contributed by atoms with Gasteiger partial charge in [0, 0.05) is 26.7 Å². The van der Waals surface area contributed by atoms with Gasteiger partial charge in [-0.15, -0.1) is 0 Å². The van der Waals surface area contributed by atoms with E-state index in [-0.39, 0.29) is 10.4 Å². The van der Waals surface area contributed by atoms with Crippen molar-refractivity contribution in [2.45, 2.75) is 0 Å². The Balaban J connectivity index is 2.41. The Labute approximate surface area is 121 Å². The number of hydrogen-bond donors (Lipinski definition) is 1. The molecule has 0 aromatic heterocycles. The lowest BCUT2D eigenvalue weighted by Crippen LogP contribution is -2.34. The van der Waals surface area contributed by atoms with Crippen molar-refractivity contribution < 1.29 is 13.9 Å². The minimum atomic E-state index is -0.440. The number of carbonyl (C=O) groups is 1. The lowest BCUT2D eigenvalue weighted by molar-refractivity contribution is 0.0946. The van der Waals surface area contributed by atoms with Gasteiger partial charge in [-0.05, 0) is 35.1 Å². The average Bonchev–Trinajstić information content (AvgIpc) is 2.39. The number of halogens is 2. The number of rotatable bonds is 7. The molecule has 6 heteroatoms. The van der Waals surface area contributed by atoms with Crippen LogP contribution in [0, 0.1) is 5.82 Å². The van der Waals surface area contributed by atoms with Gasteiger partial charge in [0.15, 0.2) is 0 Å². The van der Waals surface area contributed by atoms with Crippen molar-refractivity contribution in [3.8, 4) is 0 Å². The van der Waals surface area contributed by atoms with Gasteiger partial charge in [-0.3, -0.25) is 4.79 Å². The van der Waals surface area contributed by atoms with Crippen LogP contribution in [0.1, 0.15) is 10.4 Å². The molecule has 0 fully saturated rings. The molecule has 1 N–H and O–H groups in total. The van der Waals surface area contributed by atoms with E-state index in [1.165, 1.54) is 12.1 Å². The minimum Gasteiger partial charge on any atom is -0.383 e. The highest BCUT2D eigenvalue weighted by Crippen LogP contribution is 2.19. The van der Waals surface area contributed by atoms with Crippen molar-refractivity contribution >= 4 is 21.8 Å². The molecule has 106 valence electrons. The Kier molecular flexibility index (Phi) is 6.97. The number of amides is 1. The molecule has 0 aliphatic carbocycles. The summed E-state index contributed by atoms with van der Waals surface area (Å²) in [5, 5.41) is 2.76. The predicted octanol–water partition coefficient (Wildman–Crippen LogP) is 1.90. The molecule has 0 atom stereocenters. The first-order chi connectivity index (χ1) is 9.06. The van der Waals surface area contributed by atoms with E-state index < -0.39 is 5.82 Å². The van der Waals surface area contributed by atoms with Gasteiger partial charge in [-0.1, -0.05) is 6.07 Å². The molecule has 0 heterocycles. The molecule has 1 aromatic rings. The molecule has 0 aliphatic heterocycles. The number of likely N-dealkylation sites (N-methyl/N-ethyl adjacent to an activating group) is 1. The van der Waals surface area contributed by atoms with Gasteiger partial charge in [-0.25, -0.2) is 4.39 Å². The van der Waals surface area contributed by atoms with E-state index in [1.54, 1.807) is 13.2 Å². The predicted molar refractivity (Wildman–Crippen MR) is 75.8 cm³/mol. The van der Waals surface area contributed by atoms with Gasteiger partial charge < -0.3 is 15.0 Å². The molecule has 0 saturated carbocycles. The van der Waals surface area contributed by atoms with Crippen molar-refractivity contribution in [3.05, 3.63) is 34.1 Å². The second-order valence-corrected chi connectivity index (χ2v) is 4.95. The SMILES string of the molecule is COCCN(C)CCNC(=O)c1cccc(F)c1Br. The molecular formula is C13H18BrFN2O2. The summed E-state index contributed by atoms with van der Waals surface area (Å²) in [4.78, 5) is 13.9. The molecule has 0 bridgehead atoms. The van der Waals surface area contributed by atoms with Gasteiger partial charge in [0.2, 0.25) is 0 Å². The maximum absolute atomic E-state index is 13.3. The molecule has 0 unspecified atom stereocenters. The Morgan fingerprint density at radius 3 is 2.89 bits per heavy atom. The van der Waals surface area contributed by atoms with Crippen LogP contribution in [0.2, 0.25) is 0 Å². The van der Waals surface area contributed by atoms with Crippen LogP contribution in [0.3, 0.4) is 0 Å². The van der Waals surface area contributed by atoms with E-state index in [1.807, 2.05) is 11.9 Å². The first-order valence-electron chi connectivity index (χ1n) is 5.96. The number of hydrogen-bond acceptors (Lipinski definition) is 3. The Morgan fingerprint density at radius 1 is 1.47 bits per heavy atom. The van der Waals surface area contributed by atoms with Gasteiger partial charge in [0.25, 0.3) is 5.91 Å². The molecule has 0 aliphatic rings. The zero-order chi connectivity index (χ0) is 14.3. The third kappa shape index (κ3) is 5.26. The van der Waals surface area contributed by atoms with Crippen LogP contribution in [-0.4, -0.2) is 51.2 Å². The summed E-state index contributed by atoms with van der Waals surface area (Å²) in [5.41, 5.74) is 0.305. The summed E-state index contributed by atoms with van der Waals surface area (Å²) < 4.78 is 18.4. The zero-order valence-electron chi connectivity index (χ0n) is 11.1. The standard InChI is InChI=1S/C13H18BrFN2O2/c1-17(8-9-19-2)7-6-16-13(18)10-4-3-5-11(15)12(10)14/h3-5H,6-9H2,1-2H3,(H,16,18). The first-order valence-corrected chi connectivity index (χ1v) is 6.75. The fourth-order valence-corrected chi connectivity index (χ4v) is 1.94. The molecule has 1 aromatic carbocycles. The highest BCUT2D eigenvalue weighted by atomic mass is 79.9. The molecule has 19 heavy (non-hydrogen) atoms. The van der Waals surface area contributed by atoms with E-state index in [9.17, 15) is 9.18 Å². The van der Waals surface area contributed by atoms with Crippen molar-refractivity contribution in [2.24, 2.45) is 0 Å². The van der Waals surface area contributed by atoms with Crippen LogP contribution in [-0.2, 0) is 4.74 Å². The number of benzene rings is 1. The molecule has 0 radical (unpaired) electrons. The number of carbonyl (C=O) groups excluding carboxylic acids is 1. The van der Waals surface area contributed by atoms with Crippen LogP contribution in [0.5, 0.6) is 0 Å². The maximum Gasteiger partial charge on any atom is 0.252 e. The lowest BCUT2D eigenvalue weighted by Gasteiger charge is -2.16. The van der Waals surface area contributed by atoms with E-state index in [0.717, 1.165) is 6.54 Å². The normalized spacial score (nSPS) is 10.8. The number of nitrogens with one attached hydrogen (secondary N) is 1. The monoisotopic (exact) mass is 332 g/mol. The van der Waals surface area contributed by atoms with Gasteiger partial charge in [0.1, 0.15) is 5.82 Å². The van der Waals surface area contributed by atoms with Crippen LogP contribution in [0.15, 0.2) is 22.7 Å². The van der Waals surface area contributed by atoms with Gasteiger partial charge in [0.05, 0.1) is 16.6 Å². The third-order valence-corrected chi connectivity index (χ3v) is 3.46. The van der Waals surface area contributed by atoms with Crippen LogP contribution in [0.25, 0.3) is 0 Å². The summed E-state index contributed by atoms with van der Waals surface area (Å²) in [6.45, 7) is 2.67. The average molecular weight is 333 g/mol. The zero-order valence-corrected chi connectivity index (χ0v) is 12.7. The Morgan fingerprint density at radius 2 is 2.21 bits per heavy atom. The maximum atomic E-state index is 13.3. The summed E-state index contributed by atoms with van der Waals surface area (Å²) >= 11 is 3.07. The fourth-order valence-electron chi connectivity index (χ4n) is 1.49. The van der Waals surface area contributed by atoms with E-state index in [2.05, 4.69) is 21.2 Å². The van der Waals surface area contributed by atoms with Crippen molar-refractivity contribution in [1.82, 2.24) is 10.2 Å². The molecule has 1 amide bonds. The van der Waals surface area contributed by atoms with E-state index >= 15 is 0 Å². The lowest BCUT2D eigenvalue weighted by atomic mass is 10.2. The molecular weight excluding hydrogens is 315 g/mol. The smallest absolute Gasteiger partial charge is 0.252 e. The summed E-state index contributed by atoms with van der Waals surface area (Å²) in [6, 6.07) is 4.40. The highest BCUT2D eigenvalue weighted by molar-refractivity contribution is 9.10. The van der Waals surface area contributed by atoms with E-state index in [0.29, 0.717) is 25.3 Å². The third-order valence-electron chi connectivity index (χ3n) is 2.65. The quantitative estimate of drug-likeness (QED) is 0.829. The largest absolute Gasteiger partial charge is 0.383 e. The van der Waals surface area contributed by atoms with Gasteiger partial charge >= 0.3 is 0 Å². The summed E-state index contributed by atoms with van der Waals surface area (Å²) in [7, 11) is 3.60. The van der Waals surface area contributed by atoms with E-state index in [4.69, 9.17) is 4.74 Å². The molecule has 0 saturated heterocycles. The topological polar surface area (TPSA) is 41.6 Å². The second-order valence-electron chi connectivity index (χ2n) is 4.15. The first kappa shape index (κ1) is 16.1. The number of nitrogens with zero attached hydrogens (tertiary/aromatic N) is 1. The summed E-state index contributed by atoms with van der Waals surface area (Å²) in [5.74, 6) is -0.726. The molecule has 4 nitrogen and oxygen atoms in total. The second kappa shape index (κ2) is 8.24. The van der Waals surface area contributed by atoms with Crippen molar-refractivity contribution in [2.75, 3.05) is 40.4 Å². The molecule has 1 rings (SSSR count). The van der Waals surface area contributed by atoms with Crippen LogP contribution in [0.4, 0.5) is 4.39 Å². The number of ether oxygens (including phenoxy) is 1. The highest BCUT2D eigenvalue weighted by Gasteiger charge is 2.12. The minimum absolute atomic E-state index is 0.195.